The minimum Gasteiger partial charge on any atom is -0.481 e. The zero-order chi connectivity index (χ0) is 42.0. The van der Waals surface area contributed by atoms with E-state index in [9.17, 15) is 14.7 Å². The van der Waals surface area contributed by atoms with Gasteiger partial charge in [0, 0.05) is 30.8 Å². The minimum atomic E-state index is -0.973. The smallest absolute Gasteiger partial charge is 0.305 e. The molecule has 0 radical (unpaired) electrons. The molecule has 1 atom stereocenters. The maximum absolute atomic E-state index is 13.6. The van der Waals surface area contributed by atoms with Crippen LogP contribution in [-0.4, -0.2) is 52.8 Å². The van der Waals surface area contributed by atoms with Gasteiger partial charge in [-0.1, -0.05) is 183 Å². The summed E-state index contributed by atoms with van der Waals surface area (Å²) >= 11 is 0. The fourth-order valence-electron chi connectivity index (χ4n) is 8.18. The van der Waals surface area contributed by atoms with E-state index in [1.54, 1.807) is 6.20 Å². The van der Waals surface area contributed by atoms with E-state index in [2.05, 4.69) is 90.3 Å². The largest absolute Gasteiger partial charge is 0.481 e. The molecular formula is C51H47N7O3. The number of unbranched alkanes of at least 4 members (excludes halogenated alkanes) is 1. The number of nitrogens with zero attached hydrogens (tertiary/aromatic N) is 6. The predicted octanol–water partition coefficient (Wildman–Crippen LogP) is 9.25. The van der Waals surface area contributed by atoms with E-state index in [-0.39, 0.29) is 18.0 Å². The van der Waals surface area contributed by atoms with Crippen LogP contribution in [0, 0.1) is 0 Å². The third-order valence-electron chi connectivity index (χ3n) is 11.1. The maximum atomic E-state index is 13.6. The van der Waals surface area contributed by atoms with Crippen molar-refractivity contribution in [3.8, 4) is 22.5 Å². The summed E-state index contributed by atoms with van der Waals surface area (Å²) in [6.07, 6.45) is 4.60. The number of rotatable bonds is 17. The van der Waals surface area contributed by atoms with Crippen molar-refractivity contribution in [1.29, 1.82) is 0 Å². The second-order valence-electron chi connectivity index (χ2n) is 15.2. The molecule has 10 heteroatoms. The van der Waals surface area contributed by atoms with Gasteiger partial charge in [-0.3, -0.25) is 9.59 Å². The van der Waals surface area contributed by atoms with Crippen LogP contribution in [0.4, 0.5) is 0 Å². The number of aryl methyl sites for hydroxylation is 1. The van der Waals surface area contributed by atoms with Gasteiger partial charge in [-0.05, 0) is 62.2 Å². The van der Waals surface area contributed by atoms with Gasteiger partial charge < -0.3 is 15.0 Å². The van der Waals surface area contributed by atoms with Crippen LogP contribution >= 0.6 is 0 Å². The second-order valence-corrected chi connectivity index (χ2v) is 15.2. The summed E-state index contributed by atoms with van der Waals surface area (Å²) in [5.74, 6) is 0.0729. The Labute approximate surface area is 355 Å². The van der Waals surface area contributed by atoms with Gasteiger partial charge in [0.1, 0.15) is 17.1 Å². The highest BCUT2D eigenvalue weighted by atomic mass is 16.4. The highest BCUT2D eigenvalue weighted by molar-refractivity contribution is 5.92. The molecule has 0 saturated heterocycles. The molecular weight excluding hydrogens is 759 g/mol. The van der Waals surface area contributed by atoms with E-state index in [0.29, 0.717) is 25.2 Å². The van der Waals surface area contributed by atoms with E-state index < -0.39 is 17.6 Å². The Morgan fingerprint density at radius 3 is 1.82 bits per heavy atom. The Morgan fingerprint density at radius 1 is 0.689 bits per heavy atom. The normalized spacial score (nSPS) is 11.9. The summed E-state index contributed by atoms with van der Waals surface area (Å²) in [5, 5.41) is 26.4. The number of carbonyl (C=O) groups excluding carboxylic acids is 1. The number of tetrazole rings is 1. The van der Waals surface area contributed by atoms with E-state index in [4.69, 9.17) is 15.3 Å². The van der Waals surface area contributed by atoms with Crippen molar-refractivity contribution in [3.05, 3.63) is 215 Å². The van der Waals surface area contributed by atoms with E-state index in [0.717, 1.165) is 63.2 Å². The van der Waals surface area contributed by atoms with Crippen LogP contribution in [0.3, 0.4) is 0 Å². The zero-order valence-electron chi connectivity index (χ0n) is 34.0. The molecule has 0 bridgehead atoms. The topological polar surface area (TPSA) is 128 Å². The number of nitrogens with one attached hydrogen (secondary N) is 1. The highest BCUT2D eigenvalue weighted by Crippen LogP contribution is 2.43. The van der Waals surface area contributed by atoms with Crippen LogP contribution in [0.1, 0.15) is 70.3 Å². The summed E-state index contributed by atoms with van der Waals surface area (Å²) in [7, 11) is 0. The van der Waals surface area contributed by atoms with Crippen molar-refractivity contribution < 1.29 is 14.7 Å². The summed E-state index contributed by atoms with van der Waals surface area (Å²) in [6.45, 7) is 2.64. The fraction of sp³-hybridized carbons (Fsp3) is 0.176. The first kappa shape index (κ1) is 40.3. The first-order valence-corrected chi connectivity index (χ1v) is 20.7. The molecule has 0 aliphatic heterocycles. The molecule has 0 aliphatic carbocycles. The van der Waals surface area contributed by atoms with Gasteiger partial charge in [-0.2, -0.15) is 0 Å². The number of amides is 1. The number of carboxylic acid groups (broad SMARTS) is 1. The summed E-state index contributed by atoms with van der Waals surface area (Å²) in [5.41, 5.74) is 7.29. The first-order chi connectivity index (χ1) is 29.9. The fourth-order valence-corrected chi connectivity index (χ4v) is 8.18. The lowest BCUT2D eigenvalue weighted by Crippen LogP contribution is -2.39. The Morgan fingerprint density at radius 2 is 1.25 bits per heavy atom. The van der Waals surface area contributed by atoms with Crippen molar-refractivity contribution in [2.45, 2.75) is 57.2 Å². The average molecular weight is 806 g/mol. The van der Waals surface area contributed by atoms with Gasteiger partial charge in [0.05, 0.1) is 6.42 Å². The maximum Gasteiger partial charge on any atom is 0.305 e. The van der Waals surface area contributed by atoms with Crippen LogP contribution in [0.2, 0.25) is 0 Å². The molecule has 0 fully saturated rings. The van der Waals surface area contributed by atoms with Gasteiger partial charge in [0.25, 0.3) is 5.91 Å². The number of carbonyl (C=O) groups is 2. The SMILES string of the molecule is CCCCc1nc(C(=O)NC(CC(=O)O)Cc2ccccc2)cn1Cc1ccc(-c2ccccc2-c2nnnn2C(c2ccccc2)(c2ccccc2)c2ccccc2)cc1. The predicted molar refractivity (Wildman–Crippen MR) is 237 cm³/mol. The molecule has 6 aromatic carbocycles. The number of hydrogen-bond acceptors (Lipinski definition) is 6. The van der Waals surface area contributed by atoms with Gasteiger partial charge in [-0.15, -0.1) is 5.10 Å². The van der Waals surface area contributed by atoms with Crippen LogP contribution < -0.4 is 5.32 Å². The van der Waals surface area contributed by atoms with Crippen molar-refractivity contribution in [2.75, 3.05) is 0 Å². The van der Waals surface area contributed by atoms with Crippen molar-refractivity contribution in [3.63, 3.8) is 0 Å². The number of imidazole rings is 1. The van der Waals surface area contributed by atoms with Crippen molar-refractivity contribution in [2.24, 2.45) is 0 Å². The Kier molecular flexibility index (Phi) is 12.3. The second kappa shape index (κ2) is 18.6. The molecule has 2 aromatic heterocycles. The summed E-state index contributed by atoms with van der Waals surface area (Å²) in [4.78, 5) is 30.1. The molecule has 0 aliphatic rings. The summed E-state index contributed by atoms with van der Waals surface area (Å²) < 4.78 is 3.98. The molecule has 0 spiro atoms. The number of hydrogen-bond donors (Lipinski definition) is 2. The molecule has 304 valence electrons. The number of benzene rings is 6. The van der Waals surface area contributed by atoms with Gasteiger partial charge in [0.15, 0.2) is 5.82 Å². The lowest BCUT2D eigenvalue weighted by molar-refractivity contribution is -0.137. The molecule has 2 N–H and O–H groups in total. The molecule has 10 nitrogen and oxygen atoms in total. The van der Waals surface area contributed by atoms with Gasteiger partial charge in [-0.25, -0.2) is 9.67 Å². The van der Waals surface area contributed by atoms with Gasteiger partial charge in [0.2, 0.25) is 0 Å². The Balaban J connectivity index is 1.11. The van der Waals surface area contributed by atoms with Crippen LogP contribution in [0.25, 0.3) is 22.5 Å². The zero-order valence-corrected chi connectivity index (χ0v) is 34.0. The summed E-state index contributed by atoms with van der Waals surface area (Å²) in [6, 6.07) is 56.7. The van der Waals surface area contributed by atoms with Crippen LogP contribution in [-0.2, 0) is 29.7 Å². The van der Waals surface area contributed by atoms with E-state index in [1.165, 1.54) is 0 Å². The Bertz CT molecular complexity index is 2580. The van der Waals surface area contributed by atoms with Crippen LogP contribution in [0.15, 0.2) is 176 Å². The third-order valence-corrected chi connectivity index (χ3v) is 11.1. The molecule has 8 aromatic rings. The Hall–Kier alpha value is -7.46. The number of aromatic nitrogens is 6. The first-order valence-electron chi connectivity index (χ1n) is 20.7. The lowest BCUT2D eigenvalue weighted by Gasteiger charge is -2.36. The van der Waals surface area contributed by atoms with Crippen LogP contribution in [0.5, 0.6) is 0 Å². The van der Waals surface area contributed by atoms with E-state index >= 15 is 0 Å². The average Bonchev–Trinajstić information content (AvgIpc) is 3.95. The minimum absolute atomic E-state index is 0.192. The van der Waals surface area contributed by atoms with Crippen molar-refractivity contribution >= 4 is 11.9 Å². The van der Waals surface area contributed by atoms with Crippen molar-refractivity contribution in [1.82, 2.24) is 35.1 Å². The molecule has 2 heterocycles. The quantitative estimate of drug-likeness (QED) is 0.0879. The molecule has 8 rings (SSSR count). The van der Waals surface area contributed by atoms with E-state index in [1.807, 2.05) is 106 Å². The number of aliphatic carboxylic acids is 1. The third kappa shape index (κ3) is 8.79. The molecule has 1 unspecified atom stereocenters. The standard InChI is InChI=1S/C51H47N7O3/c1-2-3-28-47-53-46(50(61)52-43(34-48(59)60)33-37-18-8-4-9-19-37)36-57(47)35-38-29-31-39(32-30-38)44-26-16-17-27-45(44)49-54-55-56-58(49)51(40-20-10-5-11-21-40,41-22-12-6-13-23-41)42-24-14-7-15-25-42/h4-27,29-32,36,43H,2-3,28,33-35H2,1H3,(H,52,61)(H,59,60). The van der Waals surface area contributed by atoms with Gasteiger partial charge >= 0.3 is 5.97 Å². The molecule has 61 heavy (non-hydrogen) atoms. The molecule has 0 saturated carbocycles. The highest BCUT2D eigenvalue weighted by Gasteiger charge is 2.42. The number of carboxylic acids is 1. The molecule has 1 amide bonds. The monoisotopic (exact) mass is 805 g/mol. The lowest BCUT2D eigenvalue weighted by atomic mass is 9.77.